The maximum Gasteiger partial charge on any atom is 0.234 e. The molecule has 2 aromatic rings. The van der Waals surface area contributed by atoms with Gasteiger partial charge in [-0.3, -0.25) is 19.4 Å². The van der Waals surface area contributed by atoms with E-state index in [1.54, 1.807) is 7.11 Å². The lowest BCUT2D eigenvalue weighted by Crippen LogP contribution is -2.40. The van der Waals surface area contributed by atoms with E-state index in [1.165, 1.54) is 4.90 Å². The van der Waals surface area contributed by atoms with Crippen LogP contribution in [0.2, 0.25) is 0 Å². The minimum Gasteiger partial charge on any atom is -0.497 e. The molecule has 5 heteroatoms. The quantitative estimate of drug-likeness (QED) is 0.761. The van der Waals surface area contributed by atoms with Gasteiger partial charge < -0.3 is 4.74 Å². The summed E-state index contributed by atoms with van der Waals surface area (Å²) in [5.41, 5.74) is 1.16. The number of likely N-dealkylation sites (tertiary alicyclic amines) is 1. The molecule has 142 valence electrons. The van der Waals surface area contributed by atoms with Gasteiger partial charge in [0.05, 0.1) is 25.6 Å². The molecule has 2 aliphatic rings. The average molecular weight is 366 g/mol. The molecule has 1 aliphatic heterocycles. The number of imide groups is 1. The molecule has 0 radical (unpaired) electrons. The second kappa shape index (κ2) is 7.31. The van der Waals surface area contributed by atoms with Crippen LogP contribution in [-0.2, 0) is 16.1 Å². The van der Waals surface area contributed by atoms with E-state index in [2.05, 4.69) is 24.3 Å². The van der Waals surface area contributed by atoms with E-state index in [-0.39, 0.29) is 23.7 Å². The molecule has 2 atom stereocenters. The van der Waals surface area contributed by atoms with Crippen molar-refractivity contribution < 1.29 is 14.3 Å². The number of benzene rings is 2. The van der Waals surface area contributed by atoms with Crippen LogP contribution in [0.1, 0.15) is 31.2 Å². The molecule has 0 unspecified atom stereocenters. The normalized spacial score (nSPS) is 22.6. The van der Waals surface area contributed by atoms with Gasteiger partial charge in [-0.25, -0.2) is 0 Å². The standard InChI is InChI=1S/C22H26N2O3/c1-23(14-24-21(25)19-5-3-4-6-20(19)22(24)26)13-15-7-8-17-12-18(27-2)10-9-16(17)11-15/h7-12,19-20H,3-6,13-14H2,1-2H3/t19-,20+. The molecule has 4 rings (SSSR count). The van der Waals surface area contributed by atoms with E-state index in [4.69, 9.17) is 4.74 Å². The number of methoxy groups -OCH3 is 1. The van der Waals surface area contributed by atoms with E-state index < -0.39 is 0 Å². The number of amides is 2. The Morgan fingerprint density at radius 3 is 2.30 bits per heavy atom. The summed E-state index contributed by atoms with van der Waals surface area (Å²) < 4.78 is 5.27. The highest BCUT2D eigenvalue weighted by Crippen LogP contribution is 2.38. The fraction of sp³-hybridized carbons (Fsp3) is 0.455. The van der Waals surface area contributed by atoms with Crippen molar-refractivity contribution in [3.63, 3.8) is 0 Å². The molecule has 1 saturated heterocycles. The largest absolute Gasteiger partial charge is 0.497 e. The van der Waals surface area contributed by atoms with Crippen LogP contribution >= 0.6 is 0 Å². The van der Waals surface area contributed by atoms with Gasteiger partial charge >= 0.3 is 0 Å². The Bertz CT molecular complexity index is 855. The number of carbonyl (C=O) groups is 2. The van der Waals surface area contributed by atoms with Gasteiger partial charge in [0.15, 0.2) is 0 Å². The minimum absolute atomic E-state index is 0.0298. The summed E-state index contributed by atoms with van der Waals surface area (Å²) in [6.07, 6.45) is 3.85. The van der Waals surface area contributed by atoms with Crippen molar-refractivity contribution in [3.8, 4) is 5.75 Å². The molecule has 5 nitrogen and oxygen atoms in total. The predicted molar refractivity (Wildman–Crippen MR) is 104 cm³/mol. The zero-order chi connectivity index (χ0) is 19.0. The molecule has 0 bridgehead atoms. The van der Waals surface area contributed by atoms with Crippen molar-refractivity contribution in [1.82, 2.24) is 9.80 Å². The van der Waals surface area contributed by atoms with Gasteiger partial charge in [-0.05, 0) is 54.4 Å². The van der Waals surface area contributed by atoms with Crippen LogP contribution in [0.15, 0.2) is 36.4 Å². The summed E-state index contributed by atoms with van der Waals surface area (Å²) in [5, 5.41) is 2.29. The molecule has 1 aliphatic carbocycles. The van der Waals surface area contributed by atoms with Crippen LogP contribution < -0.4 is 4.74 Å². The molecule has 0 N–H and O–H groups in total. The Morgan fingerprint density at radius 1 is 1.00 bits per heavy atom. The van der Waals surface area contributed by atoms with Crippen LogP contribution in [0, 0.1) is 11.8 Å². The Balaban J connectivity index is 1.44. The molecule has 2 amide bonds. The molecular formula is C22H26N2O3. The van der Waals surface area contributed by atoms with Crippen LogP contribution in [0.25, 0.3) is 10.8 Å². The Labute approximate surface area is 159 Å². The zero-order valence-corrected chi connectivity index (χ0v) is 16.0. The van der Waals surface area contributed by atoms with E-state index in [0.717, 1.165) is 47.8 Å². The Morgan fingerprint density at radius 2 is 1.63 bits per heavy atom. The molecular weight excluding hydrogens is 340 g/mol. The fourth-order valence-electron chi connectivity index (χ4n) is 4.47. The van der Waals surface area contributed by atoms with Gasteiger partial charge in [0, 0.05) is 6.54 Å². The van der Waals surface area contributed by atoms with Crippen molar-refractivity contribution in [2.45, 2.75) is 32.2 Å². The van der Waals surface area contributed by atoms with E-state index in [0.29, 0.717) is 13.2 Å². The van der Waals surface area contributed by atoms with Crippen molar-refractivity contribution in [2.75, 3.05) is 20.8 Å². The lowest BCUT2D eigenvalue weighted by molar-refractivity contribution is -0.142. The number of nitrogens with zero attached hydrogens (tertiary/aromatic N) is 2. The highest BCUT2D eigenvalue weighted by molar-refractivity contribution is 6.05. The summed E-state index contributed by atoms with van der Waals surface area (Å²) in [4.78, 5) is 28.8. The monoisotopic (exact) mass is 366 g/mol. The second-order valence-corrected chi connectivity index (χ2v) is 7.80. The third kappa shape index (κ3) is 3.44. The predicted octanol–water partition coefficient (Wildman–Crippen LogP) is 3.41. The van der Waals surface area contributed by atoms with Crippen LogP contribution in [0.4, 0.5) is 0 Å². The van der Waals surface area contributed by atoms with Crippen molar-refractivity contribution in [1.29, 1.82) is 0 Å². The van der Waals surface area contributed by atoms with Gasteiger partial charge in [-0.2, -0.15) is 0 Å². The van der Waals surface area contributed by atoms with E-state index >= 15 is 0 Å². The number of rotatable bonds is 5. The molecule has 1 saturated carbocycles. The summed E-state index contributed by atoms with van der Waals surface area (Å²) in [6.45, 7) is 1.06. The smallest absolute Gasteiger partial charge is 0.234 e. The number of ether oxygens (including phenoxy) is 1. The number of hydrogen-bond donors (Lipinski definition) is 0. The number of hydrogen-bond acceptors (Lipinski definition) is 4. The van der Waals surface area contributed by atoms with Gasteiger partial charge in [0.1, 0.15) is 5.75 Å². The molecule has 0 spiro atoms. The highest BCUT2D eigenvalue weighted by Gasteiger charge is 2.48. The molecule has 2 aromatic carbocycles. The lowest BCUT2D eigenvalue weighted by atomic mass is 9.81. The summed E-state index contributed by atoms with van der Waals surface area (Å²) >= 11 is 0. The van der Waals surface area contributed by atoms with Crippen molar-refractivity contribution >= 4 is 22.6 Å². The first-order valence-electron chi connectivity index (χ1n) is 9.67. The SMILES string of the molecule is COc1ccc2cc(CN(C)CN3C(=O)[C@H]4CCCC[C@H]4C3=O)ccc2c1. The summed E-state index contributed by atoms with van der Waals surface area (Å²) in [6, 6.07) is 12.4. The van der Waals surface area contributed by atoms with Crippen LogP contribution in [0.5, 0.6) is 5.75 Å². The first-order chi connectivity index (χ1) is 13.1. The van der Waals surface area contributed by atoms with E-state index in [9.17, 15) is 9.59 Å². The van der Waals surface area contributed by atoms with Crippen molar-refractivity contribution in [3.05, 3.63) is 42.0 Å². The lowest BCUT2D eigenvalue weighted by Gasteiger charge is -2.23. The molecule has 1 heterocycles. The minimum atomic E-state index is -0.0738. The van der Waals surface area contributed by atoms with Crippen LogP contribution in [-0.4, -0.2) is 42.4 Å². The molecule has 0 aromatic heterocycles. The summed E-state index contributed by atoms with van der Waals surface area (Å²) in [5.74, 6) is 0.759. The maximum atomic E-state index is 12.6. The molecule has 2 fully saturated rings. The third-order valence-electron chi connectivity index (χ3n) is 5.88. The average Bonchev–Trinajstić information content (AvgIpc) is 2.92. The summed E-state index contributed by atoms with van der Waals surface area (Å²) in [7, 11) is 3.63. The first kappa shape index (κ1) is 18.0. The van der Waals surface area contributed by atoms with E-state index in [1.807, 2.05) is 24.1 Å². The second-order valence-electron chi connectivity index (χ2n) is 7.80. The topological polar surface area (TPSA) is 49.9 Å². The first-order valence-corrected chi connectivity index (χ1v) is 9.67. The third-order valence-corrected chi connectivity index (χ3v) is 5.88. The Kier molecular flexibility index (Phi) is 4.87. The van der Waals surface area contributed by atoms with Crippen molar-refractivity contribution in [2.24, 2.45) is 11.8 Å². The molecule has 27 heavy (non-hydrogen) atoms. The number of fused-ring (bicyclic) bond motifs is 2. The van der Waals surface area contributed by atoms with Gasteiger partial charge in [-0.15, -0.1) is 0 Å². The van der Waals surface area contributed by atoms with Gasteiger partial charge in [-0.1, -0.05) is 31.0 Å². The fourth-order valence-corrected chi connectivity index (χ4v) is 4.47. The van der Waals surface area contributed by atoms with Gasteiger partial charge in [0.25, 0.3) is 0 Å². The van der Waals surface area contributed by atoms with Gasteiger partial charge in [0.2, 0.25) is 11.8 Å². The maximum absolute atomic E-state index is 12.6. The zero-order valence-electron chi connectivity index (χ0n) is 16.0. The number of carbonyl (C=O) groups excluding carboxylic acids is 2. The Hall–Kier alpha value is -2.40. The highest BCUT2D eigenvalue weighted by atomic mass is 16.5. The van der Waals surface area contributed by atoms with Crippen LogP contribution in [0.3, 0.4) is 0 Å².